The van der Waals surface area contributed by atoms with Gasteiger partial charge in [0.2, 0.25) is 5.91 Å². The molecule has 6 nitrogen and oxygen atoms in total. The maximum absolute atomic E-state index is 12.9. The standard InChI is InChI=1S/C19H26N2O4S/c1-3-17(22)20-8-13-14-9-21(11-19(14)7-6-15(13)25-19)18(23)16-5-4-12(24-16)10-26-2/h4-5,13-15H,3,6-11H2,1-2H3,(H,20,22)/t13-,14+,15+,19+/m0/s1. The van der Waals surface area contributed by atoms with E-state index in [1.807, 2.05) is 24.1 Å². The molecule has 7 heteroatoms. The van der Waals surface area contributed by atoms with Crippen molar-refractivity contribution in [2.24, 2.45) is 11.8 Å². The molecule has 4 rings (SSSR count). The molecule has 4 heterocycles. The first-order valence-corrected chi connectivity index (χ1v) is 10.8. The van der Waals surface area contributed by atoms with Crippen LogP contribution < -0.4 is 5.32 Å². The van der Waals surface area contributed by atoms with Crippen LogP contribution in [0.15, 0.2) is 16.5 Å². The number of ether oxygens (including phenoxy) is 1. The zero-order valence-electron chi connectivity index (χ0n) is 15.3. The highest BCUT2D eigenvalue weighted by Gasteiger charge is 2.63. The van der Waals surface area contributed by atoms with Gasteiger partial charge in [0.1, 0.15) is 5.76 Å². The van der Waals surface area contributed by atoms with Gasteiger partial charge in [0.05, 0.1) is 24.0 Å². The summed E-state index contributed by atoms with van der Waals surface area (Å²) in [7, 11) is 0. The number of carbonyl (C=O) groups is 2. The van der Waals surface area contributed by atoms with E-state index in [9.17, 15) is 9.59 Å². The summed E-state index contributed by atoms with van der Waals surface area (Å²) >= 11 is 1.67. The Labute approximate surface area is 158 Å². The van der Waals surface area contributed by atoms with E-state index >= 15 is 0 Å². The van der Waals surface area contributed by atoms with Crippen LogP contribution in [0.25, 0.3) is 0 Å². The van der Waals surface area contributed by atoms with Gasteiger partial charge in [-0.15, -0.1) is 0 Å². The number of carbonyl (C=O) groups excluding carboxylic acids is 2. The molecule has 3 aliphatic heterocycles. The average Bonchev–Trinajstić information content (AvgIpc) is 3.39. The van der Waals surface area contributed by atoms with Crippen LogP contribution in [0.2, 0.25) is 0 Å². The second-order valence-corrected chi connectivity index (χ2v) is 8.44. The molecule has 3 saturated heterocycles. The molecule has 2 amide bonds. The lowest BCUT2D eigenvalue weighted by molar-refractivity contribution is -0.121. The predicted octanol–water partition coefficient (Wildman–Crippen LogP) is 2.29. The van der Waals surface area contributed by atoms with Crippen LogP contribution in [0.1, 0.15) is 42.5 Å². The third-order valence-corrected chi connectivity index (χ3v) is 6.66. The van der Waals surface area contributed by atoms with E-state index in [1.54, 1.807) is 17.8 Å². The molecule has 1 aromatic heterocycles. The molecule has 1 aromatic rings. The van der Waals surface area contributed by atoms with Crippen molar-refractivity contribution in [1.82, 2.24) is 10.2 Å². The molecule has 4 atom stereocenters. The SMILES string of the molecule is CCC(=O)NC[C@H]1[C@H]2CN(C(=O)c3ccc(CSC)o3)C[C@]23CC[C@H]1O3. The Morgan fingerprint density at radius 3 is 3.04 bits per heavy atom. The Balaban J connectivity index is 1.45. The van der Waals surface area contributed by atoms with Crippen LogP contribution in [0.3, 0.4) is 0 Å². The van der Waals surface area contributed by atoms with Crippen molar-refractivity contribution in [2.45, 2.75) is 43.6 Å². The topological polar surface area (TPSA) is 71.8 Å². The van der Waals surface area contributed by atoms with Crippen molar-refractivity contribution in [3.8, 4) is 0 Å². The lowest BCUT2D eigenvalue weighted by atomic mass is 9.73. The van der Waals surface area contributed by atoms with Gasteiger partial charge in [0.15, 0.2) is 5.76 Å². The normalized spacial score (nSPS) is 32.1. The lowest BCUT2D eigenvalue weighted by Crippen LogP contribution is -2.41. The molecule has 1 spiro atoms. The largest absolute Gasteiger partial charge is 0.455 e. The highest BCUT2D eigenvalue weighted by atomic mass is 32.2. The molecule has 0 aliphatic carbocycles. The van der Waals surface area contributed by atoms with E-state index in [2.05, 4.69) is 5.32 Å². The number of furan rings is 1. The van der Waals surface area contributed by atoms with E-state index in [-0.39, 0.29) is 23.5 Å². The second kappa shape index (κ2) is 6.93. The van der Waals surface area contributed by atoms with E-state index in [1.165, 1.54) is 0 Å². The number of thioether (sulfide) groups is 1. The van der Waals surface area contributed by atoms with Gasteiger partial charge in [0.25, 0.3) is 5.91 Å². The number of rotatable bonds is 6. The van der Waals surface area contributed by atoms with Crippen molar-refractivity contribution >= 4 is 23.6 Å². The molecule has 142 valence electrons. The minimum absolute atomic E-state index is 0.0514. The number of amides is 2. The molecule has 0 unspecified atom stereocenters. The van der Waals surface area contributed by atoms with Gasteiger partial charge in [-0.05, 0) is 31.2 Å². The Morgan fingerprint density at radius 2 is 2.27 bits per heavy atom. The number of nitrogens with zero attached hydrogens (tertiary/aromatic N) is 1. The van der Waals surface area contributed by atoms with Crippen LogP contribution in [0.4, 0.5) is 0 Å². The molecule has 2 bridgehead atoms. The predicted molar refractivity (Wildman–Crippen MR) is 98.9 cm³/mol. The second-order valence-electron chi connectivity index (χ2n) is 7.57. The van der Waals surface area contributed by atoms with Crippen LogP contribution in [-0.4, -0.2) is 54.3 Å². The Bertz CT molecular complexity index is 705. The summed E-state index contributed by atoms with van der Waals surface area (Å²) in [5, 5.41) is 3.02. The van der Waals surface area contributed by atoms with Gasteiger partial charge < -0.3 is 19.4 Å². The Kier molecular flexibility index (Phi) is 4.77. The van der Waals surface area contributed by atoms with Crippen molar-refractivity contribution in [3.05, 3.63) is 23.7 Å². The number of hydrogen-bond donors (Lipinski definition) is 1. The van der Waals surface area contributed by atoms with Crippen molar-refractivity contribution in [2.75, 3.05) is 25.9 Å². The van der Waals surface area contributed by atoms with Gasteiger partial charge in [0, 0.05) is 31.3 Å². The number of hydrogen-bond acceptors (Lipinski definition) is 5. The summed E-state index contributed by atoms with van der Waals surface area (Å²) in [6.07, 6.45) is 4.74. The highest BCUT2D eigenvalue weighted by Crippen LogP contribution is 2.54. The maximum atomic E-state index is 12.9. The van der Waals surface area contributed by atoms with Gasteiger partial charge in [-0.1, -0.05) is 6.92 Å². The smallest absolute Gasteiger partial charge is 0.289 e. The maximum Gasteiger partial charge on any atom is 0.289 e. The summed E-state index contributed by atoms with van der Waals surface area (Å²) < 4.78 is 12.1. The summed E-state index contributed by atoms with van der Waals surface area (Å²) in [5.74, 6) is 2.62. The van der Waals surface area contributed by atoms with Crippen molar-refractivity contribution in [1.29, 1.82) is 0 Å². The fourth-order valence-electron chi connectivity index (χ4n) is 4.84. The molecule has 1 N–H and O–H groups in total. The highest BCUT2D eigenvalue weighted by molar-refractivity contribution is 7.97. The lowest BCUT2D eigenvalue weighted by Gasteiger charge is -2.29. The van der Waals surface area contributed by atoms with E-state index in [0.29, 0.717) is 43.7 Å². The van der Waals surface area contributed by atoms with Gasteiger partial charge in [-0.2, -0.15) is 11.8 Å². The monoisotopic (exact) mass is 378 g/mol. The first kappa shape index (κ1) is 17.9. The molecule has 0 radical (unpaired) electrons. The third kappa shape index (κ3) is 2.95. The molecular weight excluding hydrogens is 352 g/mol. The van der Waals surface area contributed by atoms with E-state index in [0.717, 1.165) is 24.4 Å². The Morgan fingerprint density at radius 1 is 1.42 bits per heavy atom. The zero-order chi connectivity index (χ0) is 18.3. The number of fused-ring (bicyclic) bond motifs is 1. The van der Waals surface area contributed by atoms with Gasteiger partial charge in [-0.3, -0.25) is 9.59 Å². The molecular formula is C19H26N2O4S. The van der Waals surface area contributed by atoms with E-state index in [4.69, 9.17) is 9.15 Å². The van der Waals surface area contributed by atoms with Gasteiger partial charge in [-0.25, -0.2) is 0 Å². The molecule has 3 fully saturated rings. The molecule has 0 aromatic carbocycles. The van der Waals surface area contributed by atoms with Crippen LogP contribution in [0.5, 0.6) is 0 Å². The van der Waals surface area contributed by atoms with Crippen LogP contribution in [-0.2, 0) is 15.3 Å². The number of likely N-dealkylation sites (tertiary alicyclic amines) is 1. The van der Waals surface area contributed by atoms with Crippen LogP contribution >= 0.6 is 11.8 Å². The zero-order valence-corrected chi connectivity index (χ0v) is 16.1. The summed E-state index contributed by atoms with van der Waals surface area (Å²) in [5.41, 5.74) is -0.226. The van der Waals surface area contributed by atoms with Crippen LogP contribution in [0, 0.1) is 11.8 Å². The average molecular weight is 378 g/mol. The molecule has 3 aliphatic rings. The summed E-state index contributed by atoms with van der Waals surface area (Å²) in [4.78, 5) is 26.4. The summed E-state index contributed by atoms with van der Waals surface area (Å²) in [6, 6.07) is 3.65. The Hall–Kier alpha value is -1.47. The fraction of sp³-hybridized carbons (Fsp3) is 0.684. The molecule has 0 saturated carbocycles. The first-order chi connectivity index (χ1) is 12.6. The minimum atomic E-state index is -0.226. The number of nitrogens with one attached hydrogen (secondary N) is 1. The first-order valence-electron chi connectivity index (χ1n) is 9.37. The van der Waals surface area contributed by atoms with Crippen molar-refractivity contribution < 1.29 is 18.7 Å². The molecule has 26 heavy (non-hydrogen) atoms. The van der Waals surface area contributed by atoms with Crippen molar-refractivity contribution in [3.63, 3.8) is 0 Å². The quantitative estimate of drug-likeness (QED) is 0.822. The minimum Gasteiger partial charge on any atom is -0.455 e. The third-order valence-electron chi connectivity index (χ3n) is 6.09. The van der Waals surface area contributed by atoms with Gasteiger partial charge >= 0.3 is 0 Å². The van der Waals surface area contributed by atoms with E-state index < -0.39 is 0 Å². The summed E-state index contributed by atoms with van der Waals surface area (Å²) in [6.45, 7) is 3.81. The fourth-order valence-corrected chi connectivity index (χ4v) is 5.28.